The summed E-state index contributed by atoms with van der Waals surface area (Å²) in [4.78, 5) is 0. The molecule has 66 valence electrons. The van der Waals surface area contributed by atoms with Gasteiger partial charge in [-0.15, -0.1) is 10.2 Å². The van der Waals surface area contributed by atoms with Crippen LogP contribution in [0, 0.1) is 6.92 Å². The quantitative estimate of drug-likeness (QED) is 0.660. The molecule has 0 amide bonds. The van der Waals surface area contributed by atoms with E-state index in [-0.39, 0.29) is 0 Å². The molecule has 1 aromatic carbocycles. The Kier molecular flexibility index (Phi) is 1.73. The molecule has 4 heteroatoms. The zero-order chi connectivity index (χ0) is 9.26. The first-order valence-corrected chi connectivity index (χ1v) is 4.00. The molecular weight excluding hydrogens is 164 g/mol. The molecule has 0 fully saturated rings. The molecule has 0 bridgehead atoms. The van der Waals surface area contributed by atoms with Gasteiger partial charge in [-0.2, -0.15) is 0 Å². The van der Waals surface area contributed by atoms with Crippen molar-refractivity contribution in [3.63, 3.8) is 0 Å². The van der Waals surface area contributed by atoms with Gasteiger partial charge in [0.2, 0.25) is 0 Å². The predicted octanol–water partition coefficient (Wildman–Crippen LogP) is 1.16. The Balaban J connectivity index is 2.59. The fourth-order valence-corrected chi connectivity index (χ4v) is 1.24. The Morgan fingerprint density at radius 1 is 1.31 bits per heavy atom. The fraction of sp³-hybridized carbons (Fsp3) is 0.111. The first-order valence-electron chi connectivity index (χ1n) is 4.00. The maximum atomic E-state index is 5.80. The van der Waals surface area contributed by atoms with Gasteiger partial charge in [-0.25, -0.2) is 0 Å². The number of hydrogen-bond donors (Lipinski definition) is 1. The maximum absolute atomic E-state index is 5.80. The summed E-state index contributed by atoms with van der Waals surface area (Å²) in [7, 11) is 0. The normalized spacial score (nSPS) is 10.2. The second-order valence-corrected chi connectivity index (χ2v) is 2.81. The number of hydrogen-bond acceptors (Lipinski definition) is 3. The lowest BCUT2D eigenvalue weighted by Gasteiger charge is -2.05. The summed E-state index contributed by atoms with van der Waals surface area (Å²) in [6.45, 7) is 1.89. The minimum Gasteiger partial charge on any atom is -0.397 e. The third kappa shape index (κ3) is 1.26. The van der Waals surface area contributed by atoms with E-state index in [1.807, 2.05) is 35.8 Å². The van der Waals surface area contributed by atoms with Crippen LogP contribution in [0.15, 0.2) is 30.6 Å². The van der Waals surface area contributed by atoms with E-state index in [2.05, 4.69) is 10.2 Å². The van der Waals surface area contributed by atoms with E-state index in [1.165, 1.54) is 0 Å². The smallest absolute Gasteiger partial charge is 0.134 e. The minimum atomic E-state index is 0.727. The van der Waals surface area contributed by atoms with Gasteiger partial charge in [-0.3, -0.25) is 4.57 Å². The number of nitrogen functional groups attached to an aromatic ring is 1. The molecule has 0 aliphatic rings. The van der Waals surface area contributed by atoms with Crippen LogP contribution in [0.5, 0.6) is 0 Å². The zero-order valence-electron chi connectivity index (χ0n) is 7.31. The topological polar surface area (TPSA) is 56.7 Å². The zero-order valence-corrected chi connectivity index (χ0v) is 7.31. The van der Waals surface area contributed by atoms with Gasteiger partial charge in [0.05, 0.1) is 11.4 Å². The fourth-order valence-electron chi connectivity index (χ4n) is 1.24. The van der Waals surface area contributed by atoms with Crippen molar-refractivity contribution in [2.45, 2.75) is 6.92 Å². The van der Waals surface area contributed by atoms with Crippen LogP contribution in [0.1, 0.15) is 5.82 Å². The maximum Gasteiger partial charge on any atom is 0.134 e. The Morgan fingerprint density at radius 3 is 2.69 bits per heavy atom. The van der Waals surface area contributed by atoms with Crippen LogP contribution in [0.2, 0.25) is 0 Å². The van der Waals surface area contributed by atoms with Crippen molar-refractivity contribution in [2.24, 2.45) is 0 Å². The lowest BCUT2D eigenvalue weighted by atomic mass is 10.2. The van der Waals surface area contributed by atoms with Gasteiger partial charge >= 0.3 is 0 Å². The Morgan fingerprint density at radius 2 is 2.08 bits per heavy atom. The highest BCUT2D eigenvalue weighted by Gasteiger charge is 2.03. The van der Waals surface area contributed by atoms with Crippen molar-refractivity contribution in [3.8, 4) is 5.69 Å². The van der Waals surface area contributed by atoms with Crippen LogP contribution in [0.3, 0.4) is 0 Å². The second-order valence-electron chi connectivity index (χ2n) is 2.81. The molecule has 0 unspecified atom stereocenters. The molecule has 0 saturated heterocycles. The number of benzene rings is 1. The van der Waals surface area contributed by atoms with E-state index in [1.54, 1.807) is 6.33 Å². The summed E-state index contributed by atoms with van der Waals surface area (Å²) >= 11 is 0. The molecule has 1 aromatic heterocycles. The Hall–Kier alpha value is -1.84. The first kappa shape index (κ1) is 7.79. The molecule has 13 heavy (non-hydrogen) atoms. The second kappa shape index (κ2) is 2.90. The van der Waals surface area contributed by atoms with Crippen molar-refractivity contribution in [1.82, 2.24) is 14.8 Å². The van der Waals surface area contributed by atoms with E-state index in [9.17, 15) is 0 Å². The van der Waals surface area contributed by atoms with Crippen LogP contribution in [0.25, 0.3) is 5.69 Å². The lowest BCUT2D eigenvalue weighted by molar-refractivity contribution is 0.971. The van der Waals surface area contributed by atoms with E-state index in [0.29, 0.717) is 0 Å². The van der Waals surface area contributed by atoms with E-state index < -0.39 is 0 Å². The third-order valence-electron chi connectivity index (χ3n) is 1.91. The first-order chi connectivity index (χ1) is 6.29. The van der Waals surface area contributed by atoms with Gasteiger partial charge in [-0.05, 0) is 19.1 Å². The molecule has 0 spiro atoms. The molecule has 1 heterocycles. The largest absolute Gasteiger partial charge is 0.397 e. The van der Waals surface area contributed by atoms with Crippen molar-refractivity contribution < 1.29 is 0 Å². The monoisotopic (exact) mass is 174 g/mol. The summed E-state index contributed by atoms with van der Waals surface area (Å²) in [5.74, 6) is 0.831. The average molecular weight is 174 g/mol. The number of rotatable bonds is 1. The SMILES string of the molecule is Cc1nncn1-c1ccccc1N. The highest BCUT2D eigenvalue weighted by atomic mass is 15.3. The number of anilines is 1. The van der Waals surface area contributed by atoms with E-state index in [4.69, 9.17) is 5.73 Å². The number of nitrogens with zero attached hydrogens (tertiary/aromatic N) is 3. The molecule has 2 rings (SSSR count). The van der Waals surface area contributed by atoms with Gasteiger partial charge in [0, 0.05) is 0 Å². The van der Waals surface area contributed by atoms with Crippen LogP contribution in [0.4, 0.5) is 5.69 Å². The highest BCUT2D eigenvalue weighted by Crippen LogP contribution is 2.16. The van der Waals surface area contributed by atoms with Gasteiger partial charge < -0.3 is 5.73 Å². The van der Waals surface area contributed by atoms with Crippen molar-refractivity contribution in [1.29, 1.82) is 0 Å². The molecule has 2 aromatic rings. The number of nitrogens with two attached hydrogens (primary N) is 1. The van der Waals surface area contributed by atoms with Crippen LogP contribution >= 0.6 is 0 Å². The predicted molar refractivity (Wildman–Crippen MR) is 50.5 cm³/mol. The molecule has 4 nitrogen and oxygen atoms in total. The molecule has 0 aliphatic carbocycles. The molecular formula is C9H10N4. The summed E-state index contributed by atoms with van der Waals surface area (Å²) in [6.07, 6.45) is 1.65. The third-order valence-corrected chi connectivity index (χ3v) is 1.91. The Labute approximate surface area is 76.0 Å². The molecule has 0 radical (unpaired) electrons. The van der Waals surface area contributed by atoms with Gasteiger partial charge in [0.15, 0.2) is 0 Å². The van der Waals surface area contributed by atoms with Crippen molar-refractivity contribution >= 4 is 5.69 Å². The summed E-state index contributed by atoms with van der Waals surface area (Å²) in [5, 5.41) is 7.69. The lowest BCUT2D eigenvalue weighted by Crippen LogP contribution is -1.99. The molecule has 0 aliphatic heterocycles. The van der Waals surface area contributed by atoms with Gasteiger partial charge in [-0.1, -0.05) is 12.1 Å². The summed E-state index contributed by atoms with van der Waals surface area (Å²) < 4.78 is 1.86. The summed E-state index contributed by atoms with van der Waals surface area (Å²) in [5.41, 5.74) is 7.45. The number of aryl methyl sites for hydroxylation is 1. The van der Waals surface area contributed by atoms with Crippen LogP contribution < -0.4 is 5.73 Å². The van der Waals surface area contributed by atoms with Crippen molar-refractivity contribution in [3.05, 3.63) is 36.4 Å². The Bertz CT molecular complexity index is 419. The van der Waals surface area contributed by atoms with Crippen LogP contribution in [-0.4, -0.2) is 14.8 Å². The molecule has 0 atom stereocenters. The number of aromatic nitrogens is 3. The molecule has 2 N–H and O–H groups in total. The van der Waals surface area contributed by atoms with Gasteiger partial charge in [0.1, 0.15) is 12.2 Å². The van der Waals surface area contributed by atoms with Crippen LogP contribution in [-0.2, 0) is 0 Å². The van der Waals surface area contributed by atoms with Gasteiger partial charge in [0.25, 0.3) is 0 Å². The summed E-state index contributed by atoms with van der Waals surface area (Å²) in [6, 6.07) is 7.63. The molecule has 0 saturated carbocycles. The average Bonchev–Trinajstić information content (AvgIpc) is 2.52. The highest BCUT2D eigenvalue weighted by molar-refractivity contribution is 5.57. The van der Waals surface area contributed by atoms with Crippen molar-refractivity contribution in [2.75, 3.05) is 5.73 Å². The van der Waals surface area contributed by atoms with E-state index in [0.717, 1.165) is 17.2 Å². The number of para-hydroxylation sites is 2. The van der Waals surface area contributed by atoms with E-state index >= 15 is 0 Å². The minimum absolute atomic E-state index is 0.727. The standard InChI is InChI=1S/C9H10N4/c1-7-12-11-6-13(7)9-5-3-2-4-8(9)10/h2-6H,10H2,1H3.